The summed E-state index contributed by atoms with van der Waals surface area (Å²) in [5, 5.41) is 5.94. The lowest BCUT2D eigenvalue weighted by atomic mass is 10.3. The lowest BCUT2D eigenvalue weighted by Gasteiger charge is -2.09. The molecule has 0 unspecified atom stereocenters. The summed E-state index contributed by atoms with van der Waals surface area (Å²) in [5.74, 6) is 1.29. The van der Waals surface area contributed by atoms with Gasteiger partial charge in [-0.1, -0.05) is 27.7 Å². The Morgan fingerprint density at radius 1 is 1.12 bits per heavy atom. The van der Waals surface area contributed by atoms with Crippen molar-refractivity contribution in [3.05, 3.63) is 65.4 Å². The average molecular weight is 454 g/mol. The van der Waals surface area contributed by atoms with Crippen LogP contribution in [-0.4, -0.2) is 30.3 Å². The van der Waals surface area contributed by atoms with Crippen LogP contribution in [0.2, 0.25) is 0 Å². The Morgan fingerprint density at radius 3 is 2.46 bits per heavy atom. The highest BCUT2D eigenvalue weighted by Crippen LogP contribution is 2.22. The number of nitrogens with two attached hydrogens (primary N) is 1. The molecule has 26 heavy (non-hydrogen) atoms. The molecule has 1 heterocycles. The number of hydrogen-bond acceptors (Lipinski definition) is 5. The second-order valence-corrected chi connectivity index (χ2v) is 8.81. The molecule has 0 bridgehead atoms. The van der Waals surface area contributed by atoms with Gasteiger partial charge in [0.05, 0.1) is 11.5 Å². The molecule has 2 aromatic carbocycles. The van der Waals surface area contributed by atoms with Crippen LogP contribution in [-0.2, 0) is 10.0 Å². The Balaban J connectivity index is 1.55. The van der Waals surface area contributed by atoms with Crippen LogP contribution in [0.4, 0.5) is 0 Å². The Labute approximate surface area is 164 Å². The number of aromatic nitrogens is 2. The fraction of sp³-hybridized carbons (Fsp3) is 0.118. The number of rotatable bonds is 7. The van der Waals surface area contributed by atoms with Gasteiger partial charge in [-0.05, 0) is 48.5 Å². The van der Waals surface area contributed by atoms with Crippen LogP contribution in [0.15, 0.2) is 75.4 Å². The van der Waals surface area contributed by atoms with Crippen LogP contribution in [0.5, 0.6) is 5.75 Å². The minimum absolute atomic E-state index is 0.0655. The summed E-state index contributed by atoms with van der Waals surface area (Å²) in [4.78, 5) is 4.44. The summed E-state index contributed by atoms with van der Waals surface area (Å²) < 4.78 is 31.1. The molecule has 0 amide bonds. The normalized spacial score (nSPS) is 11.5. The van der Waals surface area contributed by atoms with Gasteiger partial charge in [-0.2, -0.15) is 0 Å². The zero-order valence-corrected chi connectivity index (χ0v) is 16.8. The van der Waals surface area contributed by atoms with Crippen molar-refractivity contribution < 1.29 is 13.2 Å². The molecule has 0 saturated heterocycles. The predicted octanol–water partition coefficient (Wildman–Crippen LogP) is 3.45. The summed E-state index contributed by atoms with van der Waals surface area (Å²) in [6.07, 6.45) is 3.68. The van der Waals surface area contributed by atoms with E-state index < -0.39 is 10.0 Å². The maximum atomic E-state index is 11.2. The minimum atomic E-state index is -3.68. The van der Waals surface area contributed by atoms with Crippen molar-refractivity contribution in [3.63, 3.8) is 0 Å². The molecule has 0 radical (unpaired) electrons. The topological polar surface area (TPSA) is 87.2 Å². The monoisotopic (exact) mass is 453 g/mol. The molecule has 9 heteroatoms. The number of sulfonamides is 1. The molecule has 1 aromatic heterocycles. The summed E-state index contributed by atoms with van der Waals surface area (Å²) in [5.41, 5.74) is 1.03. The quantitative estimate of drug-likeness (QED) is 0.437. The second kappa shape index (κ2) is 8.26. The van der Waals surface area contributed by atoms with E-state index in [1.165, 1.54) is 12.1 Å². The fourth-order valence-electron chi connectivity index (χ4n) is 2.21. The number of imidazole rings is 1. The first kappa shape index (κ1) is 19.0. The summed E-state index contributed by atoms with van der Waals surface area (Å²) in [6, 6.07) is 14.0. The molecule has 0 aliphatic heterocycles. The van der Waals surface area contributed by atoms with Crippen LogP contribution in [0, 0.1) is 0 Å². The molecule has 0 aliphatic rings. The number of hydrogen-bond donors (Lipinski definition) is 1. The average Bonchev–Trinajstić information content (AvgIpc) is 3.07. The minimum Gasteiger partial charge on any atom is -0.493 e. The summed E-state index contributed by atoms with van der Waals surface area (Å²) >= 11 is 5.01. The highest BCUT2D eigenvalue weighted by atomic mass is 79.9. The van der Waals surface area contributed by atoms with Crippen molar-refractivity contribution in [3.8, 4) is 11.4 Å². The van der Waals surface area contributed by atoms with Gasteiger partial charge in [-0.25, -0.2) is 18.5 Å². The van der Waals surface area contributed by atoms with Gasteiger partial charge in [-0.3, -0.25) is 4.57 Å². The van der Waals surface area contributed by atoms with Crippen LogP contribution in [0.1, 0.15) is 0 Å². The maximum absolute atomic E-state index is 11.2. The van der Waals surface area contributed by atoms with Gasteiger partial charge in [-0.15, -0.1) is 0 Å². The van der Waals surface area contributed by atoms with Crippen molar-refractivity contribution in [2.24, 2.45) is 5.14 Å². The van der Waals surface area contributed by atoms with Gasteiger partial charge in [0.15, 0.2) is 5.16 Å². The van der Waals surface area contributed by atoms with E-state index >= 15 is 0 Å². The fourth-order valence-corrected chi connectivity index (χ4v) is 3.78. The van der Waals surface area contributed by atoms with Crippen molar-refractivity contribution in [1.29, 1.82) is 0 Å². The Kier molecular flexibility index (Phi) is 6.02. The Bertz CT molecular complexity index is 971. The number of thioether (sulfide) groups is 1. The van der Waals surface area contributed by atoms with Crippen LogP contribution < -0.4 is 9.88 Å². The van der Waals surface area contributed by atoms with Crippen molar-refractivity contribution in [2.75, 3.05) is 12.4 Å². The first-order valence-electron chi connectivity index (χ1n) is 7.61. The highest BCUT2D eigenvalue weighted by Gasteiger charge is 2.08. The third kappa shape index (κ3) is 4.88. The van der Waals surface area contributed by atoms with Gasteiger partial charge in [0, 0.05) is 28.3 Å². The van der Waals surface area contributed by atoms with E-state index in [9.17, 15) is 8.42 Å². The Morgan fingerprint density at radius 2 is 1.81 bits per heavy atom. The van der Waals surface area contributed by atoms with Gasteiger partial charge in [0.2, 0.25) is 10.0 Å². The van der Waals surface area contributed by atoms with Gasteiger partial charge in [0.25, 0.3) is 0 Å². The SMILES string of the molecule is NS(=O)(=O)c1ccc(OCCSc2nccn2-c2ccc(Br)cc2)cc1. The van der Waals surface area contributed by atoms with E-state index in [2.05, 4.69) is 20.9 Å². The molecule has 136 valence electrons. The lowest BCUT2D eigenvalue weighted by Crippen LogP contribution is -2.11. The van der Waals surface area contributed by atoms with Crippen molar-refractivity contribution >= 4 is 37.7 Å². The van der Waals surface area contributed by atoms with E-state index in [1.54, 1.807) is 30.1 Å². The lowest BCUT2D eigenvalue weighted by molar-refractivity contribution is 0.343. The van der Waals surface area contributed by atoms with Crippen LogP contribution in [0.25, 0.3) is 5.69 Å². The molecule has 0 aliphatic carbocycles. The number of nitrogens with zero attached hydrogens (tertiary/aromatic N) is 2. The van der Waals surface area contributed by atoms with E-state index in [4.69, 9.17) is 9.88 Å². The van der Waals surface area contributed by atoms with E-state index in [-0.39, 0.29) is 4.90 Å². The molecular weight excluding hydrogens is 438 g/mol. The molecule has 0 spiro atoms. The van der Waals surface area contributed by atoms with E-state index in [0.29, 0.717) is 18.1 Å². The summed E-state index contributed by atoms with van der Waals surface area (Å²) in [6.45, 7) is 0.465. The zero-order chi connectivity index (χ0) is 18.6. The molecule has 3 aromatic rings. The smallest absolute Gasteiger partial charge is 0.238 e. The van der Waals surface area contributed by atoms with Crippen LogP contribution in [0.3, 0.4) is 0 Å². The van der Waals surface area contributed by atoms with Crippen LogP contribution >= 0.6 is 27.7 Å². The van der Waals surface area contributed by atoms with Gasteiger partial charge < -0.3 is 4.74 Å². The first-order chi connectivity index (χ1) is 12.4. The number of ether oxygens (including phenoxy) is 1. The predicted molar refractivity (Wildman–Crippen MR) is 105 cm³/mol. The molecule has 2 N–H and O–H groups in total. The molecule has 0 saturated carbocycles. The first-order valence-corrected chi connectivity index (χ1v) is 10.9. The van der Waals surface area contributed by atoms with E-state index in [1.807, 2.05) is 35.0 Å². The standard InChI is InChI=1S/C17H16BrN3O3S2/c18-13-1-3-14(4-2-13)21-10-9-20-17(21)25-12-11-24-15-5-7-16(8-6-15)26(19,22)23/h1-10H,11-12H2,(H2,19,22,23). The number of benzene rings is 2. The van der Waals surface area contributed by atoms with Crippen molar-refractivity contribution in [1.82, 2.24) is 9.55 Å². The Hall–Kier alpha value is -1.81. The molecule has 6 nitrogen and oxygen atoms in total. The molecular formula is C17H16BrN3O3S2. The highest BCUT2D eigenvalue weighted by molar-refractivity contribution is 9.10. The van der Waals surface area contributed by atoms with Crippen molar-refractivity contribution in [2.45, 2.75) is 10.1 Å². The van der Waals surface area contributed by atoms with E-state index in [0.717, 1.165) is 15.3 Å². The molecule has 3 rings (SSSR count). The largest absolute Gasteiger partial charge is 0.493 e. The van der Waals surface area contributed by atoms with Gasteiger partial charge >= 0.3 is 0 Å². The van der Waals surface area contributed by atoms with Gasteiger partial charge in [0.1, 0.15) is 5.75 Å². The second-order valence-electron chi connectivity index (χ2n) is 5.27. The number of primary sulfonamides is 1. The summed E-state index contributed by atoms with van der Waals surface area (Å²) in [7, 11) is -3.68. The molecule has 0 atom stereocenters. The third-order valence-electron chi connectivity index (χ3n) is 3.45. The molecule has 0 fully saturated rings. The third-order valence-corrected chi connectivity index (χ3v) is 5.84. The maximum Gasteiger partial charge on any atom is 0.238 e. The zero-order valence-electron chi connectivity index (χ0n) is 13.6. The number of halogens is 1.